The van der Waals surface area contributed by atoms with Crippen LogP contribution in [0.15, 0.2) is 30.3 Å². The number of nitrogens with zero attached hydrogens (tertiary/aromatic N) is 2. The van der Waals surface area contributed by atoms with E-state index in [4.69, 9.17) is 0 Å². The van der Waals surface area contributed by atoms with Gasteiger partial charge in [0.2, 0.25) is 5.91 Å². The quantitative estimate of drug-likeness (QED) is 0.738. The van der Waals surface area contributed by atoms with Crippen molar-refractivity contribution in [2.75, 3.05) is 26.2 Å². The lowest BCUT2D eigenvalue weighted by molar-refractivity contribution is -0.127. The molecule has 0 saturated carbocycles. The van der Waals surface area contributed by atoms with Gasteiger partial charge in [0.25, 0.3) is 0 Å². The number of benzene rings is 1. The summed E-state index contributed by atoms with van der Waals surface area (Å²) in [6, 6.07) is 6.75. The third-order valence-corrected chi connectivity index (χ3v) is 4.87. The van der Waals surface area contributed by atoms with Crippen LogP contribution < -0.4 is 4.74 Å². The Balaban J connectivity index is 1.63. The molecule has 1 atom stereocenters. The van der Waals surface area contributed by atoms with E-state index in [1.807, 2.05) is 4.90 Å². The molecule has 6 heteroatoms. The molecule has 136 valence electrons. The fourth-order valence-corrected chi connectivity index (χ4v) is 3.66. The average Bonchev–Trinajstić information content (AvgIpc) is 3.25. The Bertz CT molecular complexity index is 615. The van der Waals surface area contributed by atoms with E-state index in [0.717, 1.165) is 39.0 Å². The van der Waals surface area contributed by atoms with Crippen molar-refractivity contribution >= 4 is 12.0 Å². The van der Waals surface area contributed by atoms with Crippen molar-refractivity contribution in [1.82, 2.24) is 9.80 Å². The monoisotopic (exact) mass is 350 g/mol. The molecule has 1 aromatic rings. The minimum absolute atomic E-state index is 0.0615. The van der Waals surface area contributed by atoms with E-state index < -0.39 is 6.61 Å². The Hall–Kier alpha value is -1.95. The van der Waals surface area contributed by atoms with Crippen LogP contribution in [0.25, 0.3) is 6.08 Å². The highest BCUT2D eigenvalue weighted by molar-refractivity contribution is 5.92. The van der Waals surface area contributed by atoms with Gasteiger partial charge in [0.1, 0.15) is 5.75 Å². The number of rotatable bonds is 6. The largest absolute Gasteiger partial charge is 0.434 e. The van der Waals surface area contributed by atoms with Crippen LogP contribution in [-0.4, -0.2) is 54.5 Å². The van der Waals surface area contributed by atoms with Gasteiger partial charge in [-0.15, -0.1) is 0 Å². The third-order valence-electron chi connectivity index (χ3n) is 4.87. The zero-order chi connectivity index (χ0) is 17.6. The number of carbonyl (C=O) groups is 1. The number of hydrogen-bond donors (Lipinski definition) is 0. The Morgan fingerprint density at radius 3 is 2.72 bits per heavy atom. The first kappa shape index (κ1) is 17.9. The highest BCUT2D eigenvalue weighted by Gasteiger charge is 2.29. The Morgan fingerprint density at radius 2 is 1.96 bits per heavy atom. The van der Waals surface area contributed by atoms with Gasteiger partial charge in [-0.25, -0.2) is 0 Å². The molecule has 3 rings (SSSR count). The van der Waals surface area contributed by atoms with Gasteiger partial charge in [0, 0.05) is 30.8 Å². The van der Waals surface area contributed by atoms with Crippen LogP contribution in [0.5, 0.6) is 5.75 Å². The molecule has 2 heterocycles. The standard InChI is InChI=1S/C19H24F2N2O2/c20-19(21)25-17-8-2-1-6-15(17)9-10-18(24)23-13-5-7-16(23)14-22-11-3-4-12-22/h1-2,6,8-10,16,19H,3-5,7,11-14H2/b10-9+. The molecule has 0 bridgehead atoms. The molecule has 1 aromatic carbocycles. The highest BCUT2D eigenvalue weighted by Crippen LogP contribution is 2.23. The van der Waals surface area contributed by atoms with E-state index in [2.05, 4.69) is 9.64 Å². The van der Waals surface area contributed by atoms with E-state index in [0.29, 0.717) is 5.56 Å². The summed E-state index contributed by atoms with van der Waals surface area (Å²) in [6.45, 7) is 1.05. The number of hydrogen-bond acceptors (Lipinski definition) is 3. The van der Waals surface area contributed by atoms with Gasteiger partial charge in [-0.05, 0) is 50.9 Å². The van der Waals surface area contributed by atoms with Crippen LogP contribution >= 0.6 is 0 Å². The van der Waals surface area contributed by atoms with Gasteiger partial charge in [0.05, 0.1) is 0 Å². The summed E-state index contributed by atoms with van der Waals surface area (Å²) in [5, 5.41) is 0. The van der Waals surface area contributed by atoms with Gasteiger partial charge >= 0.3 is 6.61 Å². The number of alkyl halides is 2. The van der Waals surface area contributed by atoms with Gasteiger partial charge in [-0.2, -0.15) is 8.78 Å². The zero-order valence-electron chi connectivity index (χ0n) is 14.2. The minimum Gasteiger partial charge on any atom is -0.434 e. The lowest BCUT2D eigenvalue weighted by Gasteiger charge is -2.27. The van der Waals surface area contributed by atoms with E-state index in [1.165, 1.54) is 25.0 Å². The normalized spacial score (nSPS) is 21.6. The van der Waals surface area contributed by atoms with Crippen molar-refractivity contribution in [1.29, 1.82) is 0 Å². The number of ether oxygens (including phenoxy) is 1. The number of carbonyl (C=O) groups excluding carboxylic acids is 1. The van der Waals surface area contributed by atoms with Gasteiger partial charge in [0.15, 0.2) is 0 Å². The van der Waals surface area contributed by atoms with Crippen molar-refractivity contribution in [3.8, 4) is 5.75 Å². The van der Waals surface area contributed by atoms with Crippen LogP contribution in [0.2, 0.25) is 0 Å². The molecule has 0 aromatic heterocycles. The molecule has 2 aliphatic heterocycles. The topological polar surface area (TPSA) is 32.8 Å². The first-order valence-corrected chi connectivity index (χ1v) is 8.88. The molecule has 2 aliphatic rings. The van der Waals surface area contributed by atoms with E-state index in [-0.39, 0.29) is 17.7 Å². The van der Waals surface area contributed by atoms with Crippen molar-refractivity contribution < 1.29 is 18.3 Å². The Labute approximate surface area is 147 Å². The number of para-hydroxylation sites is 1. The molecule has 2 fully saturated rings. The molecule has 1 amide bonds. The van der Waals surface area contributed by atoms with Crippen molar-refractivity contribution in [3.05, 3.63) is 35.9 Å². The molecule has 0 N–H and O–H groups in total. The highest BCUT2D eigenvalue weighted by atomic mass is 19.3. The number of halogens is 2. The zero-order valence-corrected chi connectivity index (χ0v) is 14.2. The van der Waals surface area contributed by atoms with Crippen LogP contribution in [-0.2, 0) is 4.79 Å². The molecular weight excluding hydrogens is 326 g/mol. The van der Waals surface area contributed by atoms with Crippen molar-refractivity contribution in [3.63, 3.8) is 0 Å². The van der Waals surface area contributed by atoms with E-state index >= 15 is 0 Å². The smallest absolute Gasteiger partial charge is 0.387 e. The second-order valence-electron chi connectivity index (χ2n) is 6.59. The second kappa shape index (κ2) is 8.43. The van der Waals surface area contributed by atoms with Crippen molar-refractivity contribution in [2.45, 2.75) is 38.3 Å². The van der Waals surface area contributed by atoms with Gasteiger partial charge in [-0.3, -0.25) is 4.79 Å². The van der Waals surface area contributed by atoms with Crippen LogP contribution in [0.3, 0.4) is 0 Å². The number of likely N-dealkylation sites (tertiary alicyclic amines) is 2. The molecule has 2 saturated heterocycles. The fourth-order valence-electron chi connectivity index (χ4n) is 3.66. The fraction of sp³-hybridized carbons (Fsp3) is 0.526. The molecule has 4 nitrogen and oxygen atoms in total. The van der Waals surface area contributed by atoms with Gasteiger partial charge < -0.3 is 14.5 Å². The summed E-state index contributed by atoms with van der Waals surface area (Å²) >= 11 is 0. The maximum Gasteiger partial charge on any atom is 0.387 e. The maximum atomic E-state index is 12.6. The predicted octanol–water partition coefficient (Wildman–Crippen LogP) is 3.39. The van der Waals surface area contributed by atoms with Crippen LogP contribution in [0, 0.1) is 0 Å². The Morgan fingerprint density at radius 1 is 1.20 bits per heavy atom. The summed E-state index contributed by atoms with van der Waals surface area (Å²) in [6.07, 6.45) is 7.55. The molecule has 1 unspecified atom stereocenters. The summed E-state index contributed by atoms with van der Waals surface area (Å²) in [4.78, 5) is 16.9. The van der Waals surface area contributed by atoms with Gasteiger partial charge in [-0.1, -0.05) is 18.2 Å². The first-order chi connectivity index (χ1) is 12.1. The second-order valence-corrected chi connectivity index (χ2v) is 6.59. The lowest BCUT2D eigenvalue weighted by Crippen LogP contribution is -2.41. The summed E-state index contributed by atoms with van der Waals surface area (Å²) in [5.41, 5.74) is 0.478. The SMILES string of the molecule is O=C(/C=C/c1ccccc1OC(F)F)N1CCCC1CN1CCCC1. The number of amides is 1. The molecule has 0 aliphatic carbocycles. The third kappa shape index (κ3) is 4.78. The maximum absolute atomic E-state index is 12.6. The summed E-state index contributed by atoms with van der Waals surface area (Å²) in [7, 11) is 0. The minimum atomic E-state index is -2.88. The first-order valence-electron chi connectivity index (χ1n) is 8.88. The summed E-state index contributed by atoms with van der Waals surface area (Å²) in [5.74, 6) is 0.0186. The molecule has 0 radical (unpaired) electrons. The Kier molecular flexibility index (Phi) is 6.02. The van der Waals surface area contributed by atoms with E-state index in [9.17, 15) is 13.6 Å². The van der Waals surface area contributed by atoms with E-state index in [1.54, 1.807) is 24.3 Å². The summed E-state index contributed by atoms with van der Waals surface area (Å²) < 4.78 is 29.4. The lowest BCUT2D eigenvalue weighted by atomic mass is 10.1. The molecule has 0 spiro atoms. The average molecular weight is 350 g/mol. The molecule has 25 heavy (non-hydrogen) atoms. The van der Waals surface area contributed by atoms with Crippen LogP contribution in [0.4, 0.5) is 8.78 Å². The molecular formula is C19H24F2N2O2. The van der Waals surface area contributed by atoms with Crippen LogP contribution in [0.1, 0.15) is 31.2 Å². The predicted molar refractivity (Wildman–Crippen MR) is 92.5 cm³/mol. The van der Waals surface area contributed by atoms with Crippen molar-refractivity contribution in [2.24, 2.45) is 0 Å².